The number of hydrogen-bond acceptors (Lipinski definition) is 3. The first-order chi connectivity index (χ1) is 14.8. The van der Waals surface area contributed by atoms with Gasteiger partial charge in [-0.05, 0) is 44.7 Å². The average molecular weight is 441 g/mol. The zero-order valence-electron chi connectivity index (χ0n) is 19.3. The third-order valence-corrected chi connectivity index (χ3v) is 5.97. The van der Waals surface area contributed by atoms with E-state index in [-0.39, 0.29) is 17.4 Å². The molecule has 2 rings (SSSR count). The third kappa shape index (κ3) is 9.18. The van der Waals surface area contributed by atoms with Crippen LogP contribution in [0.3, 0.4) is 0 Å². The van der Waals surface area contributed by atoms with Gasteiger partial charge in [0.15, 0.2) is 0 Å². The Kier molecular flexibility index (Phi) is 10.1. The van der Waals surface area contributed by atoms with Crippen molar-refractivity contribution in [3.63, 3.8) is 0 Å². The van der Waals surface area contributed by atoms with Crippen molar-refractivity contribution in [1.29, 1.82) is 0 Å². The number of thioether (sulfide) groups is 1. The van der Waals surface area contributed by atoms with Gasteiger partial charge >= 0.3 is 0 Å². The lowest BCUT2D eigenvalue weighted by Gasteiger charge is -2.33. The normalized spacial score (nSPS) is 12.3. The van der Waals surface area contributed by atoms with Crippen LogP contribution in [-0.2, 0) is 21.8 Å². The molecular formula is C26H36N2O2S. The number of nitrogens with one attached hydrogen (secondary N) is 1. The van der Waals surface area contributed by atoms with Crippen LogP contribution >= 0.6 is 11.8 Å². The van der Waals surface area contributed by atoms with E-state index in [1.54, 1.807) is 16.7 Å². The van der Waals surface area contributed by atoms with Gasteiger partial charge in [0, 0.05) is 30.0 Å². The molecule has 1 N–H and O–H groups in total. The van der Waals surface area contributed by atoms with Crippen molar-refractivity contribution in [3.05, 3.63) is 71.8 Å². The predicted octanol–water partition coefficient (Wildman–Crippen LogP) is 5.07. The lowest BCUT2D eigenvalue weighted by molar-refractivity contribution is -0.141. The maximum atomic E-state index is 13.2. The standard InChI is InChI=1S/C26H36N2O2S/c1-5-23(25(30)27-26(2,3)4)28(18-16-21-12-8-6-9-13-21)24(29)17-19-31-20-22-14-10-7-11-15-22/h6-15,23H,5,16-20H2,1-4H3,(H,27,30). The molecule has 0 radical (unpaired) electrons. The van der Waals surface area contributed by atoms with Crippen molar-refractivity contribution < 1.29 is 9.59 Å². The van der Waals surface area contributed by atoms with Gasteiger partial charge in [0.25, 0.3) is 0 Å². The minimum absolute atomic E-state index is 0.0485. The Morgan fingerprint density at radius 1 is 0.968 bits per heavy atom. The molecule has 0 bridgehead atoms. The predicted molar refractivity (Wildman–Crippen MR) is 131 cm³/mol. The molecule has 168 valence electrons. The molecule has 4 nitrogen and oxygen atoms in total. The quantitative estimate of drug-likeness (QED) is 0.496. The first-order valence-corrected chi connectivity index (χ1v) is 12.2. The van der Waals surface area contributed by atoms with Crippen LogP contribution in [0.2, 0.25) is 0 Å². The molecule has 0 heterocycles. The lowest BCUT2D eigenvalue weighted by atomic mass is 10.1. The van der Waals surface area contributed by atoms with E-state index in [0.29, 0.717) is 19.4 Å². The van der Waals surface area contributed by atoms with Crippen LogP contribution in [0.25, 0.3) is 0 Å². The molecule has 31 heavy (non-hydrogen) atoms. The molecule has 0 aliphatic rings. The van der Waals surface area contributed by atoms with E-state index in [9.17, 15) is 9.59 Å². The number of nitrogens with zero attached hydrogens (tertiary/aromatic N) is 1. The molecule has 0 aliphatic heterocycles. The highest BCUT2D eigenvalue weighted by Crippen LogP contribution is 2.16. The van der Waals surface area contributed by atoms with Gasteiger partial charge in [-0.2, -0.15) is 11.8 Å². The summed E-state index contributed by atoms with van der Waals surface area (Å²) < 4.78 is 0. The number of carbonyl (C=O) groups is 2. The fourth-order valence-electron chi connectivity index (χ4n) is 3.42. The van der Waals surface area contributed by atoms with Crippen molar-refractivity contribution in [2.45, 2.75) is 64.3 Å². The third-order valence-electron chi connectivity index (χ3n) is 4.94. The monoisotopic (exact) mass is 440 g/mol. The summed E-state index contributed by atoms with van der Waals surface area (Å²) in [7, 11) is 0. The molecule has 0 saturated carbocycles. The first-order valence-electron chi connectivity index (χ1n) is 11.1. The van der Waals surface area contributed by atoms with Gasteiger partial charge in [-0.3, -0.25) is 9.59 Å². The van der Waals surface area contributed by atoms with Crippen LogP contribution in [0.15, 0.2) is 60.7 Å². The van der Waals surface area contributed by atoms with Crippen molar-refractivity contribution >= 4 is 23.6 Å². The Balaban J connectivity index is 2.01. The Morgan fingerprint density at radius 3 is 2.10 bits per heavy atom. The molecule has 0 spiro atoms. The minimum Gasteiger partial charge on any atom is -0.350 e. The molecule has 1 unspecified atom stereocenters. The second-order valence-electron chi connectivity index (χ2n) is 8.77. The summed E-state index contributed by atoms with van der Waals surface area (Å²) in [5.41, 5.74) is 2.10. The fourth-order valence-corrected chi connectivity index (χ4v) is 4.31. The van der Waals surface area contributed by atoms with E-state index in [2.05, 4.69) is 29.6 Å². The van der Waals surface area contributed by atoms with Crippen molar-refractivity contribution in [1.82, 2.24) is 10.2 Å². The van der Waals surface area contributed by atoms with Crippen LogP contribution < -0.4 is 5.32 Å². The lowest BCUT2D eigenvalue weighted by Crippen LogP contribution is -2.54. The van der Waals surface area contributed by atoms with Crippen molar-refractivity contribution in [3.8, 4) is 0 Å². The number of rotatable bonds is 11. The molecule has 5 heteroatoms. The summed E-state index contributed by atoms with van der Waals surface area (Å²) in [5, 5.41) is 3.05. The smallest absolute Gasteiger partial charge is 0.243 e. The zero-order chi connectivity index (χ0) is 22.7. The Hall–Kier alpha value is -2.27. The number of hydrogen-bond donors (Lipinski definition) is 1. The number of amides is 2. The molecule has 2 aromatic rings. The van der Waals surface area contributed by atoms with Gasteiger partial charge < -0.3 is 10.2 Å². The summed E-state index contributed by atoms with van der Waals surface area (Å²) in [4.78, 5) is 27.9. The van der Waals surface area contributed by atoms with E-state index >= 15 is 0 Å². The zero-order valence-corrected chi connectivity index (χ0v) is 20.1. The molecule has 2 aromatic carbocycles. The highest BCUT2D eigenvalue weighted by Gasteiger charge is 2.30. The van der Waals surface area contributed by atoms with Gasteiger partial charge in [0.1, 0.15) is 6.04 Å². The molecule has 2 amide bonds. The van der Waals surface area contributed by atoms with Crippen LogP contribution in [0, 0.1) is 0 Å². The second-order valence-corrected chi connectivity index (χ2v) is 9.88. The summed E-state index contributed by atoms with van der Waals surface area (Å²) in [6.45, 7) is 8.41. The molecule has 0 fully saturated rings. The first kappa shape index (κ1) is 25.0. The summed E-state index contributed by atoms with van der Waals surface area (Å²) >= 11 is 1.76. The largest absolute Gasteiger partial charge is 0.350 e. The van der Waals surface area contributed by atoms with Gasteiger partial charge in [-0.25, -0.2) is 0 Å². The van der Waals surface area contributed by atoms with E-state index in [0.717, 1.165) is 17.9 Å². The van der Waals surface area contributed by atoms with Gasteiger partial charge in [0.2, 0.25) is 11.8 Å². The molecule has 0 aliphatic carbocycles. The Labute approximate surface area is 191 Å². The maximum absolute atomic E-state index is 13.2. The minimum atomic E-state index is -0.449. The highest BCUT2D eigenvalue weighted by molar-refractivity contribution is 7.98. The van der Waals surface area contributed by atoms with Crippen LogP contribution in [0.4, 0.5) is 0 Å². The maximum Gasteiger partial charge on any atom is 0.243 e. The average Bonchev–Trinajstić information content (AvgIpc) is 2.74. The van der Waals surface area contributed by atoms with Crippen molar-refractivity contribution in [2.75, 3.05) is 12.3 Å². The van der Waals surface area contributed by atoms with Crippen molar-refractivity contribution in [2.24, 2.45) is 0 Å². The molecule has 0 aromatic heterocycles. The van der Waals surface area contributed by atoms with E-state index in [1.807, 2.05) is 64.1 Å². The van der Waals surface area contributed by atoms with Gasteiger partial charge in [0.05, 0.1) is 0 Å². The summed E-state index contributed by atoms with van der Waals surface area (Å²) in [5.74, 6) is 1.60. The van der Waals surface area contributed by atoms with Gasteiger partial charge in [-0.1, -0.05) is 67.6 Å². The molecular weight excluding hydrogens is 404 g/mol. The summed E-state index contributed by atoms with van der Waals surface area (Å²) in [6.07, 6.45) is 1.77. The number of carbonyl (C=O) groups excluding carboxylic acids is 2. The van der Waals surface area contributed by atoms with E-state index < -0.39 is 6.04 Å². The Morgan fingerprint density at radius 2 is 1.55 bits per heavy atom. The topological polar surface area (TPSA) is 49.4 Å². The van der Waals surface area contributed by atoms with Gasteiger partial charge in [-0.15, -0.1) is 0 Å². The molecule has 0 saturated heterocycles. The SMILES string of the molecule is CCC(C(=O)NC(C)(C)C)N(CCc1ccccc1)C(=O)CCSCc1ccccc1. The fraction of sp³-hybridized carbons (Fsp3) is 0.462. The number of benzene rings is 2. The van der Waals surface area contributed by atoms with E-state index in [4.69, 9.17) is 0 Å². The second kappa shape index (κ2) is 12.6. The van der Waals surface area contributed by atoms with Crippen LogP contribution in [-0.4, -0.2) is 40.6 Å². The summed E-state index contributed by atoms with van der Waals surface area (Å²) in [6, 6.07) is 20.0. The Bertz CT molecular complexity index is 803. The van der Waals surface area contributed by atoms with E-state index in [1.165, 1.54) is 11.1 Å². The van der Waals surface area contributed by atoms with Crippen LogP contribution in [0.1, 0.15) is 51.7 Å². The molecule has 1 atom stereocenters. The van der Waals surface area contributed by atoms with Crippen LogP contribution in [0.5, 0.6) is 0 Å². The highest BCUT2D eigenvalue weighted by atomic mass is 32.2.